The topological polar surface area (TPSA) is 96.3 Å². The van der Waals surface area contributed by atoms with Gasteiger partial charge in [-0.15, -0.1) is 0 Å². The van der Waals surface area contributed by atoms with Crippen LogP contribution in [0.1, 0.15) is 37.4 Å². The molecule has 0 saturated carbocycles. The number of carbonyl (C=O) groups is 2. The van der Waals surface area contributed by atoms with Gasteiger partial charge in [-0.05, 0) is 54.3 Å². The van der Waals surface area contributed by atoms with Gasteiger partial charge in [-0.2, -0.15) is 0 Å². The van der Waals surface area contributed by atoms with Gasteiger partial charge in [0, 0.05) is 25.8 Å². The molecule has 1 aliphatic heterocycles. The van der Waals surface area contributed by atoms with E-state index in [1.165, 1.54) is 17.0 Å². The van der Waals surface area contributed by atoms with E-state index in [1.54, 1.807) is 43.5 Å². The van der Waals surface area contributed by atoms with Crippen LogP contribution in [0.25, 0.3) is 5.76 Å². The lowest BCUT2D eigenvalue weighted by molar-refractivity contribution is -0.140. The predicted molar refractivity (Wildman–Crippen MR) is 120 cm³/mol. The van der Waals surface area contributed by atoms with E-state index in [0.717, 1.165) is 0 Å². The molecule has 0 bridgehead atoms. The second-order valence-corrected chi connectivity index (χ2v) is 8.16. The normalized spacial score (nSPS) is 17.9. The number of amides is 1. The summed E-state index contributed by atoms with van der Waals surface area (Å²) in [6, 6.07) is 12.3. The first kappa shape index (κ1) is 23.3. The molecule has 0 radical (unpaired) electrons. The third-order valence-electron chi connectivity index (χ3n) is 5.21. The number of rotatable bonds is 9. The van der Waals surface area contributed by atoms with Crippen molar-refractivity contribution in [1.29, 1.82) is 0 Å². The van der Waals surface area contributed by atoms with Crippen LogP contribution in [0.5, 0.6) is 11.5 Å². The summed E-state index contributed by atoms with van der Waals surface area (Å²) in [6.45, 7) is 5.40. The Labute approximate surface area is 187 Å². The van der Waals surface area contributed by atoms with Crippen LogP contribution in [0, 0.1) is 5.92 Å². The third kappa shape index (κ3) is 5.11. The molecule has 1 saturated heterocycles. The Balaban J connectivity index is 2.00. The maximum absolute atomic E-state index is 12.9. The monoisotopic (exact) mass is 439 g/mol. The molecule has 1 heterocycles. The molecular formula is C25H29NO6. The van der Waals surface area contributed by atoms with Crippen LogP contribution in [0.4, 0.5) is 0 Å². The molecule has 1 fully saturated rings. The quantitative estimate of drug-likeness (QED) is 0.266. The molecule has 1 unspecified atom stereocenters. The number of hydrogen-bond donors (Lipinski definition) is 2. The van der Waals surface area contributed by atoms with Crippen molar-refractivity contribution in [2.75, 3.05) is 26.9 Å². The van der Waals surface area contributed by atoms with Gasteiger partial charge < -0.3 is 24.6 Å². The lowest BCUT2D eigenvalue weighted by Crippen LogP contribution is -2.31. The second kappa shape index (κ2) is 10.3. The Hall–Kier alpha value is -3.32. The van der Waals surface area contributed by atoms with Crippen LogP contribution >= 0.6 is 0 Å². The number of nitrogens with zero attached hydrogens (tertiary/aromatic N) is 1. The summed E-state index contributed by atoms with van der Waals surface area (Å²) >= 11 is 0. The maximum Gasteiger partial charge on any atom is 0.295 e. The Bertz CT molecular complexity index is 978. The van der Waals surface area contributed by atoms with Crippen molar-refractivity contribution in [1.82, 2.24) is 4.90 Å². The Morgan fingerprint density at radius 3 is 2.31 bits per heavy atom. The molecule has 1 amide bonds. The minimum absolute atomic E-state index is 0.0222. The number of aromatic hydroxyl groups is 1. The molecule has 7 heteroatoms. The van der Waals surface area contributed by atoms with E-state index in [0.29, 0.717) is 49.0 Å². The highest BCUT2D eigenvalue weighted by molar-refractivity contribution is 6.46. The Morgan fingerprint density at radius 1 is 1.06 bits per heavy atom. The van der Waals surface area contributed by atoms with Gasteiger partial charge in [-0.25, -0.2) is 0 Å². The fraction of sp³-hybridized carbons (Fsp3) is 0.360. The maximum atomic E-state index is 12.9. The first-order chi connectivity index (χ1) is 15.3. The van der Waals surface area contributed by atoms with Gasteiger partial charge in [0.05, 0.1) is 18.2 Å². The van der Waals surface area contributed by atoms with Gasteiger partial charge >= 0.3 is 0 Å². The third-order valence-corrected chi connectivity index (χ3v) is 5.21. The van der Waals surface area contributed by atoms with Crippen molar-refractivity contribution >= 4 is 17.4 Å². The number of carbonyl (C=O) groups excluding carboxylic acids is 2. The summed E-state index contributed by atoms with van der Waals surface area (Å²) in [5, 5.41) is 20.7. The van der Waals surface area contributed by atoms with Gasteiger partial charge in [-0.1, -0.05) is 26.0 Å². The smallest absolute Gasteiger partial charge is 0.295 e. The Morgan fingerprint density at radius 2 is 1.72 bits per heavy atom. The summed E-state index contributed by atoms with van der Waals surface area (Å²) in [5.41, 5.74) is 1.06. The van der Waals surface area contributed by atoms with Gasteiger partial charge in [-0.3, -0.25) is 9.59 Å². The minimum atomic E-state index is -0.760. The number of hydrogen-bond acceptors (Lipinski definition) is 6. The first-order valence-corrected chi connectivity index (χ1v) is 10.6. The van der Waals surface area contributed by atoms with E-state index in [2.05, 4.69) is 13.8 Å². The minimum Gasteiger partial charge on any atom is -0.508 e. The summed E-state index contributed by atoms with van der Waals surface area (Å²) in [5.74, 6) is -0.545. The van der Waals surface area contributed by atoms with Crippen molar-refractivity contribution in [2.45, 2.75) is 26.3 Å². The predicted octanol–water partition coefficient (Wildman–Crippen LogP) is 3.89. The number of Topliss-reactive ketones (excluding diaryl/α,β-unsaturated/α-hetero) is 1. The number of phenols is 1. The van der Waals surface area contributed by atoms with Crippen molar-refractivity contribution in [3.8, 4) is 11.5 Å². The summed E-state index contributed by atoms with van der Waals surface area (Å²) in [4.78, 5) is 27.2. The highest BCUT2D eigenvalue weighted by Crippen LogP contribution is 2.40. The molecule has 0 aromatic heterocycles. The molecule has 1 atom stereocenters. The summed E-state index contributed by atoms with van der Waals surface area (Å²) in [6.07, 6.45) is 0.542. The van der Waals surface area contributed by atoms with Crippen LogP contribution in [-0.2, 0) is 14.3 Å². The molecule has 0 spiro atoms. The van der Waals surface area contributed by atoms with Gasteiger partial charge in [0.15, 0.2) is 0 Å². The highest BCUT2D eigenvalue weighted by Gasteiger charge is 2.45. The van der Waals surface area contributed by atoms with E-state index in [-0.39, 0.29) is 17.1 Å². The zero-order chi connectivity index (χ0) is 23.3. The largest absolute Gasteiger partial charge is 0.508 e. The van der Waals surface area contributed by atoms with Gasteiger partial charge in [0.2, 0.25) is 0 Å². The zero-order valence-corrected chi connectivity index (χ0v) is 18.6. The number of methoxy groups -OCH3 is 1. The highest BCUT2D eigenvalue weighted by atomic mass is 16.5. The SMILES string of the molecule is COCCCN1C(=O)C(=O)/C(=C(\O)c2ccc(OCC(C)C)cc2)C1c1ccc(O)cc1. The lowest BCUT2D eigenvalue weighted by Gasteiger charge is -2.25. The molecule has 170 valence electrons. The van der Waals surface area contributed by atoms with Crippen LogP contribution in [0.15, 0.2) is 54.1 Å². The number of phenolic OH excluding ortho intramolecular Hbond substituents is 1. The number of benzene rings is 2. The second-order valence-electron chi connectivity index (χ2n) is 8.16. The van der Waals surface area contributed by atoms with E-state index in [9.17, 15) is 19.8 Å². The van der Waals surface area contributed by atoms with E-state index in [1.807, 2.05) is 0 Å². The molecule has 3 rings (SSSR count). The first-order valence-electron chi connectivity index (χ1n) is 10.6. The number of ether oxygens (including phenoxy) is 2. The molecule has 32 heavy (non-hydrogen) atoms. The Kier molecular flexibility index (Phi) is 7.53. The lowest BCUT2D eigenvalue weighted by atomic mass is 9.95. The van der Waals surface area contributed by atoms with Crippen LogP contribution in [0.3, 0.4) is 0 Å². The van der Waals surface area contributed by atoms with E-state index >= 15 is 0 Å². The molecule has 0 aliphatic carbocycles. The van der Waals surface area contributed by atoms with Crippen LogP contribution < -0.4 is 4.74 Å². The van der Waals surface area contributed by atoms with Crippen LogP contribution in [0.2, 0.25) is 0 Å². The van der Waals surface area contributed by atoms with Crippen molar-refractivity contribution < 1.29 is 29.3 Å². The van der Waals surface area contributed by atoms with E-state index < -0.39 is 17.7 Å². The van der Waals surface area contributed by atoms with Crippen molar-refractivity contribution in [3.63, 3.8) is 0 Å². The van der Waals surface area contributed by atoms with Crippen LogP contribution in [-0.4, -0.2) is 53.7 Å². The molecule has 2 aromatic rings. The summed E-state index contributed by atoms with van der Waals surface area (Å²) in [7, 11) is 1.57. The number of aliphatic hydroxyl groups excluding tert-OH is 1. The fourth-order valence-corrected chi connectivity index (χ4v) is 3.62. The standard InChI is InChI=1S/C25H29NO6/c1-16(2)15-32-20-11-7-18(8-12-20)23(28)21-22(17-5-9-19(27)10-6-17)26(13-4-14-31-3)25(30)24(21)29/h5-12,16,22,27-28H,4,13-15H2,1-3H3/b23-21-. The molecule has 1 aliphatic rings. The molecule has 7 nitrogen and oxygen atoms in total. The number of likely N-dealkylation sites (tertiary alicyclic amines) is 1. The molecule has 2 N–H and O–H groups in total. The number of ketones is 1. The zero-order valence-electron chi connectivity index (χ0n) is 18.6. The molecule has 2 aromatic carbocycles. The summed E-state index contributed by atoms with van der Waals surface area (Å²) < 4.78 is 10.8. The average Bonchev–Trinajstić information content (AvgIpc) is 3.03. The van der Waals surface area contributed by atoms with Crippen molar-refractivity contribution in [3.05, 3.63) is 65.2 Å². The van der Waals surface area contributed by atoms with Gasteiger partial charge in [0.1, 0.15) is 17.3 Å². The number of aliphatic hydroxyl groups is 1. The average molecular weight is 440 g/mol. The van der Waals surface area contributed by atoms with Gasteiger partial charge in [0.25, 0.3) is 11.7 Å². The van der Waals surface area contributed by atoms with E-state index in [4.69, 9.17) is 9.47 Å². The fourth-order valence-electron chi connectivity index (χ4n) is 3.62. The molecular weight excluding hydrogens is 410 g/mol. The van der Waals surface area contributed by atoms with Crippen molar-refractivity contribution in [2.24, 2.45) is 5.92 Å².